The summed E-state index contributed by atoms with van der Waals surface area (Å²) in [7, 11) is 3.27. The number of ether oxygens (including phenoxy) is 2. The van der Waals surface area contributed by atoms with Gasteiger partial charge in [-0.3, -0.25) is 9.59 Å². The molecular weight excluding hydrogens is 320 g/mol. The fourth-order valence-corrected chi connectivity index (χ4v) is 2.87. The smallest absolute Gasteiger partial charge is 0.256 e. The van der Waals surface area contributed by atoms with Crippen LogP contribution in [-0.4, -0.2) is 43.6 Å². The number of benzene rings is 2. The number of nitrogens with one attached hydrogen (secondary N) is 1. The molecule has 1 N–H and O–H groups in total. The number of hydrogen-bond acceptors (Lipinski definition) is 4. The highest BCUT2D eigenvalue weighted by molar-refractivity contribution is 5.96. The van der Waals surface area contributed by atoms with E-state index in [1.54, 1.807) is 43.3 Å². The van der Waals surface area contributed by atoms with Gasteiger partial charge in [-0.1, -0.05) is 30.3 Å². The van der Waals surface area contributed by atoms with Crippen molar-refractivity contribution in [1.82, 2.24) is 4.90 Å². The maximum atomic E-state index is 12.8. The number of carbonyl (C=O) groups excluding carboxylic acids is 2. The van der Waals surface area contributed by atoms with Crippen molar-refractivity contribution in [1.29, 1.82) is 0 Å². The van der Waals surface area contributed by atoms with Gasteiger partial charge < -0.3 is 19.7 Å². The van der Waals surface area contributed by atoms with Gasteiger partial charge in [0, 0.05) is 12.7 Å². The van der Waals surface area contributed by atoms with Crippen LogP contribution in [0.2, 0.25) is 0 Å². The largest absolute Gasteiger partial charge is 0.497 e. The van der Waals surface area contributed by atoms with Gasteiger partial charge in [-0.05, 0) is 29.8 Å². The molecule has 2 aromatic carbocycles. The summed E-state index contributed by atoms with van der Waals surface area (Å²) >= 11 is 0. The van der Waals surface area contributed by atoms with Crippen molar-refractivity contribution < 1.29 is 19.1 Å². The quantitative estimate of drug-likeness (QED) is 0.927. The number of carbonyl (C=O) groups is 2. The van der Waals surface area contributed by atoms with Crippen LogP contribution in [0.1, 0.15) is 11.6 Å². The van der Waals surface area contributed by atoms with Gasteiger partial charge in [0.2, 0.25) is 5.91 Å². The topological polar surface area (TPSA) is 67.9 Å². The zero-order valence-corrected chi connectivity index (χ0v) is 14.1. The number of rotatable bonds is 4. The molecule has 130 valence electrons. The van der Waals surface area contributed by atoms with Gasteiger partial charge in [0.15, 0.2) is 6.10 Å². The van der Waals surface area contributed by atoms with Gasteiger partial charge in [0.1, 0.15) is 12.4 Å². The van der Waals surface area contributed by atoms with Crippen molar-refractivity contribution in [3.05, 3.63) is 60.2 Å². The van der Waals surface area contributed by atoms with Gasteiger partial charge >= 0.3 is 0 Å². The molecule has 2 aromatic rings. The van der Waals surface area contributed by atoms with E-state index in [4.69, 9.17) is 9.47 Å². The molecule has 25 heavy (non-hydrogen) atoms. The predicted molar refractivity (Wildman–Crippen MR) is 93.3 cm³/mol. The molecule has 1 aliphatic heterocycles. The molecule has 3 rings (SSSR count). The molecule has 2 atom stereocenters. The van der Waals surface area contributed by atoms with Crippen LogP contribution in [-0.2, 0) is 14.3 Å². The Bertz CT molecular complexity index is 746. The fraction of sp³-hybridized carbons (Fsp3) is 0.263. The molecule has 0 saturated carbocycles. The minimum absolute atomic E-state index is 0.111. The maximum Gasteiger partial charge on any atom is 0.256 e. The second-order valence-corrected chi connectivity index (χ2v) is 5.81. The van der Waals surface area contributed by atoms with Crippen molar-refractivity contribution in [2.45, 2.75) is 12.1 Å². The molecule has 0 unspecified atom stereocenters. The van der Waals surface area contributed by atoms with E-state index >= 15 is 0 Å². The molecule has 2 amide bonds. The number of anilines is 1. The van der Waals surface area contributed by atoms with Crippen LogP contribution >= 0.6 is 0 Å². The van der Waals surface area contributed by atoms with Crippen LogP contribution in [0.3, 0.4) is 0 Å². The molecule has 0 spiro atoms. The SMILES string of the molecule is COc1ccc(NC(=O)[C@H]2OCC(=O)N(C)[C@@H]2c2ccccc2)cc1. The number of methoxy groups -OCH3 is 1. The number of likely N-dealkylation sites (N-methyl/N-ethyl adjacent to an activating group) is 1. The first kappa shape index (κ1) is 17.0. The Labute approximate surface area is 146 Å². The Balaban J connectivity index is 1.82. The van der Waals surface area contributed by atoms with E-state index in [9.17, 15) is 9.59 Å². The summed E-state index contributed by atoms with van der Waals surface area (Å²) in [5.74, 6) is 0.264. The summed E-state index contributed by atoms with van der Waals surface area (Å²) in [6.45, 7) is -0.111. The van der Waals surface area contributed by atoms with Crippen LogP contribution in [0.15, 0.2) is 54.6 Å². The highest BCUT2D eigenvalue weighted by Gasteiger charge is 2.39. The summed E-state index contributed by atoms with van der Waals surface area (Å²) in [5, 5.41) is 2.84. The monoisotopic (exact) mass is 340 g/mol. The van der Waals surface area contributed by atoms with E-state index in [1.165, 1.54) is 0 Å². The second kappa shape index (κ2) is 7.36. The number of amides is 2. The highest BCUT2D eigenvalue weighted by atomic mass is 16.5. The summed E-state index contributed by atoms with van der Waals surface area (Å²) in [6.07, 6.45) is -0.785. The Morgan fingerprint density at radius 1 is 1.16 bits per heavy atom. The van der Waals surface area contributed by atoms with Crippen molar-refractivity contribution >= 4 is 17.5 Å². The molecule has 1 saturated heterocycles. The lowest BCUT2D eigenvalue weighted by Crippen LogP contribution is -2.51. The van der Waals surface area contributed by atoms with Crippen molar-refractivity contribution in [3.8, 4) is 5.75 Å². The van der Waals surface area contributed by atoms with Gasteiger partial charge in [-0.2, -0.15) is 0 Å². The van der Waals surface area contributed by atoms with E-state index in [1.807, 2.05) is 30.3 Å². The second-order valence-electron chi connectivity index (χ2n) is 5.81. The summed E-state index contributed by atoms with van der Waals surface area (Å²) in [4.78, 5) is 26.3. The minimum atomic E-state index is -0.785. The lowest BCUT2D eigenvalue weighted by Gasteiger charge is -2.38. The lowest BCUT2D eigenvalue weighted by molar-refractivity contribution is -0.160. The van der Waals surface area contributed by atoms with Gasteiger partial charge in [-0.25, -0.2) is 0 Å². The standard InChI is InChI=1S/C19H20N2O4/c1-21-16(22)12-25-18(17(21)13-6-4-3-5-7-13)19(23)20-14-8-10-15(24-2)11-9-14/h3-11,17-18H,12H2,1-2H3,(H,20,23)/t17-,18+/m1/s1. The van der Waals surface area contributed by atoms with Gasteiger partial charge in [-0.15, -0.1) is 0 Å². The van der Waals surface area contributed by atoms with Crippen LogP contribution in [0.4, 0.5) is 5.69 Å². The van der Waals surface area contributed by atoms with E-state index in [0.29, 0.717) is 11.4 Å². The first-order valence-electron chi connectivity index (χ1n) is 7.97. The van der Waals surface area contributed by atoms with Crippen LogP contribution < -0.4 is 10.1 Å². The molecule has 1 fully saturated rings. The Morgan fingerprint density at radius 3 is 2.48 bits per heavy atom. The van der Waals surface area contributed by atoms with Crippen molar-refractivity contribution in [3.63, 3.8) is 0 Å². The van der Waals surface area contributed by atoms with E-state index in [0.717, 1.165) is 5.56 Å². The maximum absolute atomic E-state index is 12.8. The van der Waals surface area contributed by atoms with Crippen LogP contribution in [0, 0.1) is 0 Å². The average Bonchev–Trinajstić information content (AvgIpc) is 2.65. The molecule has 0 radical (unpaired) electrons. The normalized spacial score (nSPS) is 20.2. The van der Waals surface area contributed by atoms with Crippen LogP contribution in [0.5, 0.6) is 5.75 Å². The first-order chi connectivity index (χ1) is 12.1. The van der Waals surface area contributed by atoms with Crippen molar-refractivity contribution in [2.24, 2.45) is 0 Å². The average molecular weight is 340 g/mol. The fourth-order valence-electron chi connectivity index (χ4n) is 2.87. The minimum Gasteiger partial charge on any atom is -0.497 e. The zero-order chi connectivity index (χ0) is 17.8. The number of morpholine rings is 1. The molecule has 1 aliphatic rings. The molecule has 0 aliphatic carbocycles. The van der Waals surface area contributed by atoms with Gasteiger partial charge in [0.05, 0.1) is 13.2 Å². The Kier molecular flexibility index (Phi) is 5.00. The predicted octanol–water partition coefficient (Wildman–Crippen LogP) is 2.23. The van der Waals surface area contributed by atoms with E-state index in [-0.39, 0.29) is 18.4 Å². The third kappa shape index (κ3) is 3.64. The molecule has 0 aromatic heterocycles. The molecule has 0 bridgehead atoms. The van der Waals surface area contributed by atoms with Crippen LogP contribution in [0.25, 0.3) is 0 Å². The summed E-state index contributed by atoms with van der Waals surface area (Å²) in [6, 6.07) is 16.0. The number of nitrogens with zero attached hydrogens (tertiary/aromatic N) is 1. The summed E-state index contributed by atoms with van der Waals surface area (Å²) in [5.41, 5.74) is 1.49. The molecule has 6 heteroatoms. The van der Waals surface area contributed by atoms with Crippen molar-refractivity contribution in [2.75, 3.05) is 26.1 Å². The van der Waals surface area contributed by atoms with Gasteiger partial charge in [0.25, 0.3) is 5.91 Å². The molecule has 6 nitrogen and oxygen atoms in total. The van der Waals surface area contributed by atoms with E-state index in [2.05, 4.69) is 5.32 Å². The molecular formula is C19H20N2O4. The summed E-state index contributed by atoms with van der Waals surface area (Å²) < 4.78 is 10.7. The Hall–Kier alpha value is -2.86. The highest BCUT2D eigenvalue weighted by Crippen LogP contribution is 2.29. The number of hydrogen-bond donors (Lipinski definition) is 1. The molecule has 1 heterocycles. The Morgan fingerprint density at radius 2 is 1.84 bits per heavy atom. The zero-order valence-electron chi connectivity index (χ0n) is 14.1. The third-order valence-corrected chi connectivity index (χ3v) is 4.24. The first-order valence-corrected chi connectivity index (χ1v) is 7.97. The lowest BCUT2D eigenvalue weighted by atomic mass is 9.97. The third-order valence-electron chi connectivity index (χ3n) is 4.24. The van der Waals surface area contributed by atoms with E-state index < -0.39 is 12.1 Å².